The van der Waals surface area contributed by atoms with Crippen LogP contribution in [0.1, 0.15) is 27.7 Å². The highest BCUT2D eigenvalue weighted by molar-refractivity contribution is 5.75. The summed E-state index contributed by atoms with van der Waals surface area (Å²) in [5.74, 6) is 0.369. The van der Waals surface area contributed by atoms with E-state index in [1.807, 2.05) is 13.8 Å². The molecule has 0 aromatic rings. The van der Waals surface area contributed by atoms with E-state index in [-0.39, 0.29) is 12.0 Å². The Bertz CT molecular complexity index is 195. The van der Waals surface area contributed by atoms with Crippen LogP contribution in [0.2, 0.25) is 0 Å². The lowest BCUT2D eigenvalue weighted by molar-refractivity contribution is -0.149. The fourth-order valence-electron chi connectivity index (χ4n) is 1.53. The molecular weight excluding hydrogens is 206 g/mol. The van der Waals surface area contributed by atoms with E-state index in [1.54, 1.807) is 7.11 Å². The number of esters is 1. The molecule has 96 valence electrons. The molecule has 0 heterocycles. The van der Waals surface area contributed by atoms with Crippen LogP contribution in [0.25, 0.3) is 0 Å². The molecule has 0 aromatic carbocycles. The van der Waals surface area contributed by atoms with Crippen LogP contribution in [-0.2, 0) is 14.3 Å². The van der Waals surface area contributed by atoms with Crippen molar-refractivity contribution in [1.29, 1.82) is 0 Å². The SMILES string of the molecule is CCOC(=O)C(C)N(CCOC)CC(C)C. The first-order valence-electron chi connectivity index (χ1n) is 5.92. The number of carbonyl (C=O) groups excluding carboxylic acids is 1. The normalized spacial score (nSPS) is 13.2. The third-order valence-electron chi connectivity index (χ3n) is 2.36. The quantitative estimate of drug-likeness (QED) is 0.594. The van der Waals surface area contributed by atoms with Gasteiger partial charge in [0.1, 0.15) is 6.04 Å². The molecule has 1 unspecified atom stereocenters. The number of methoxy groups -OCH3 is 1. The molecule has 0 spiro atoms. The summed E-state index contributed by atoms with van der Waals surface area (Å²) in [6.45, 7) is 10.7. The first kappa shape index (κ1) is 15.4. The number of rotatable bonds is 8. The van der Waals surface area contributed by atoms with Gasteiger partial charge in [0.05, 0.1) is 13.2 Å². The van der Waals surface area contributed by atoms with Gasteiger partial charge in [-0.05, 0) is 19.8 Å². The van der Waals surface area contributed by atoms with Crippen molar-refractivity contribution in [2.75, 3.05) is 33.4 Å². The Morgan fingerprint density at radius 1 is 1.31 bits per heavy atom. The highest BCUT2D eigenvalue weighted by Gasteiger charge is 2.22. The lowest BCUT2D eigenvalue weighted by Crippen LogP contribution is -2.43. The van der Waals surface area contributed by atoms with E-state index >= 15 is 0 Å². The van der Waals surface area contributed by atoms with Crippen molar-refractivity contribution in [2.24, 2.45) is 5.92 Å². The third-order valence-corrected chi connectivity index (χ3v) is 2.36. The van der Waals surface area contributed by atoms with Crippen molar-refractivity contribution in [3.05, 3.63) is 0 Å². The van der Waals surface area contributed by atoms with E-state index in [1.165, 1.54) is 0 Å². The maximum atomic E-state index is 11.6. The summed E-state index contributed by atoms with van der Waals surface area (Å²) in [4.78, 5) is 13.7. The van der Waals surface area contributed by atoms with Crippen LogP contribution in [0.15, 0.2) is 0 Å². The van der Waals surface area contributed by atoms with Gasteiger partial charge in [-0.25, -0.2) is 0 Å². The molecule has 0 N–H and O–H groups in total. The van der Waals surface area contributed by atoms with Crippen molar-refractivity contribution < 1.29 is 14.3 Å². The summed E-state index contributed by atoms with van der Waals surface area (Å²) in [5.41, 5.74) is 0. The Kier molecular flexibility index (Phi) is 8.21. The molecule has 0 aromatic heterocycles. The highest BCUT2D eigenvalue weighted by Crippen LogP contribution is 2.06. The molecule has 4 heteroatoms. The number of carbonyl (C=O) groups is 1. The van der Waals surface area contributed by atoms with E-state index in [9.17, 15) is 4.79 Å². The molecule has 0 aliphatic carbocycles. The zero-order valence-electron chi connectivity index (χ0n) is 11.2. The lowest BCUT2D eigenvalue weighted by Gasteiger charge is -2.28. The van der Waals surface area contributed by atoms with E-state index in [0.29, 0.717) is 19.1 Å². The van der Waals surface area contributed by atoms with Gasteiger partial charge in [-0.3, -0.25) is 9.69 Å². The average Bonchev–Trinajstić information content (AvgIpc) is 2.23. The molecule has 0 amide bonds. The van der Waals surface area contributed by atoms with Crippen molar-refractivity contribution in [2.45, 2.75) is 33.7 Å². The second-order valence-electron chi connectivity index (χ2n) is 4.31. The summed E-state index contributed by atoms with van der Waals surface area (Å²) >= 11 is 0. The summed E-state index contributed by atoms with van der Waals surface area (Å²) in [6.07, 6.45) is 0. The smallest absolute Gasteiger partial charge is 0.323 e. The van der Waals surface area contributed by atoms with Gasteiger partial charge < -0.3 is 9.47 Å². The van der Waals surface area contributed by atoms with Crippen molar-refractivity contribution in [3.8, 4) is 0 Å². The number of hydrogen-bond acceptors (Lipinski definition) is 4. The van der Waals surface area contributed by atoms with Crippen LogP contribution >= 0.6 is 0 Å². The van der Waals surface area contributed by atoms with Gasteiger partial charge in [-0.15, -0.1) is 0 Å². The summed E-state index contributed by atoms with van der Waals surface area (Å²) < 4.78 is 10.1. The molecule has 0 rings (SSSR count). The number of nitrogens with zero attached hydrogens (tertiary/aromatic N) is 1. The van der Waals surface area contributed by atoms with Crippen molar-refractivity contribution in [1.82, 2.24) is 4.90 Å². The second-order valence-corrected chi connectivity index (χ2v) is 4.31. The van der Waals surface area contributed by atoms with Crippen LogP contribution < -0.4 is 0 Å². The second kappa shape index (κ2) is 8.53. The molecular formula is C12H25NO3. The molecule has 0 bridgehead atoms. The van der Waals surface area contributed by atoms with Crippen LogP contribution in [0.3, 0.4) is 0 Å². The molecule has 0 saturated carbocycles. The fourth-order valence-corrected chi connectivity index (χ4v) is 1.53. The van der Waals surface area contributed by atoms with Crippen molar-refractivity contribution >= 4 is 5.97 Å². The summed E-state index contributed by atoms with van der Waals surface area (Å²) in [6, 6.07) is -0.197. The summed E-state index contributed by atoms with van der Waals surface area (Å²) in [5, 5.41) is 0. The average molecular weight is 231 g/mol. The van der Waals surface area contributed by atoms with E-state index in [4.69, 9.17) is 9.47 Å². The predicted molar refractivity (Wildman–Crippen MR) is 64.4 cm³/mol. The number of hydrogen-bond donors (Lipinski definition) is 0. The molecule has 1 atom stereocenters. The third kappa shape index (κ3) is 6.08. The lowest BCUT2D eigenvalue weighted by atomic mass is 10.1. The zero-order chi connectivity index (χ0) is 12.6. The zero-order valence-corrected chi connectivity index (χ0v) is 11.2. The molecule has 0 aliphatic rings. The van der Waals surface area contributed by atoms with E-state index in [2.05, 4.69) is 18.7 Å². The molecule has 0 aliphatic heterocycles. The first-order valence-corrected chi connectivity index (χ1v) is 5.92. The summed E-state index contributed by atoms with van der Waals surface area (Å²) in [7, 11) is 1.67. The predicted octanol–water partition coefficient (Wildman–Crippen LogP) is 1.54. The Hall–Kier alpha value is -0.610. The van der Waals surface area contributed by atoms with Crippen LogP contribution in [-0.4, -0.2) is 50.3 Å². The largest absolute Gasteiger partial charge is 0.465 e. The van der Waals surface area contributed by atoms with Crippen LogP contribution in [0, 0.1) is 5.92 Å². The van der Waals surface area contributed by atoms with Gasteiger partial charge in [0.2, 0.25) is 0 Å². The molecule has 0 radical (unpaired) electrons. The van der Waals surface area contributed by atoms with Gasteiger partial charge >= 0.3 is 5.97 Å². The molecule has 4 nitrogen and oxygen atoms in total. The van der Waals surface area contributed by atoms with Gasteiger partial charge in [-0.2, -0.15) is 0 Å². The maximum Gasteiger partial charge on any atom is 0.323 e. The standard InChI is InChI=1S/C12H25NO3/c1-6-16-12(14)11(4)13(7-8-15-5)9-10(2)3/h10-11H,6-9H2,1-5H3. The maximum absolute atomic E-state index is 11.6. The minimum Gasteiger partial charge on any atom is -0.465 e. The Labute approximate surface area is 98.9 Å². The van der Waals surface area contributed by atoms with Gasteiger partial charge in [0.25, 0.3) is 0 Å². The Balaban J connectivity index is 4.29. The molecule has 0 fully saturated rings. The van der Waals surface area contributed by atoms with Gasteiger partial charge in [-0.1, -0.05) is 13.8 Å². The minimum atomic E-state index is -0.197. The molecule has 0 saturated heterocycles. The topological polar surface area (TPSA) is 38.8 Å². The first-order chi connectivity index (χ1) is 7.52. The minimum absolute atomic E-state index is 0.153. The van der Waals surface area contributed by atoms with Gasteiger partial charge in [0, 0.05) is 20.2 Å². The van der Waals surface area contributed by atoms with Gasteiger partial charge in [0.15, 0.2) is 0 Å². The monoisotopic (exact) mass is 231 g/mol. The Morgan fingerprint density at radius 2 is 1.94 bits per heavy atom. The highest BCUT2D eigenvalue weighted by atomic mass is 16.5. The van der Waals surface area contributed by atoms with Crippen LogP contribution in [0.5, 0.6) is 0 Å². The van der Waals surface area contributed by atoms with Crippen LogP contribution in [0.4, 0.5) is 0 Å². The molecule has 16 heavy (non-hydrogen) atoms. The van der Waals surface area contributed by atoms with Crippen molar-refractivity contribution in [3.63, 3.8) is 0 Å². The van der Waals surface area contributed by atoms with E-state index in [0.717, 1.165) is 13.1 Å². The van der Waals surface area contributed by atoms with E-state index < -0.39 is 0 Å². The fraction of sp³-hybridized carbons (Fsp3) is 0.917. The Morgan fingerprint density at radius 3 is 2.38 bits per heavy atom. The number of ether oxygens (including phenoxy) is 2.